The SMILES string of the molecule is CC(=N[S+]([O-])C(C)(C)C)c1cscn1. The van der Waals surface area contributed by atoms with Gasteiger partial charge >= 0.3 is 0 Å². The molecule has 0 aromatic carbocycles. The Hall–Kier alpha value is -0.390. The summed E-state index contributed by atoms with van der Waals surface area (Å²) in [6.07, 6.45) is 0. The molecule has 1 rings (SSSR count). The van der Waals surface area contributed by atoms with Crippen LogP contribution >= 0.6 is 11.3 Å². The van der Waals surface area contributed by atoms with Crippen LogP contribution in [-0.4, -0.2) is 20.0 Å². The predicted octanol–water partition coefficient (Wildman–Crippen LogP) is 2.41. The highest BCUT2D eigenvalue weighted by atomic mass is 32.2. The lowest BCUT2D eigenvalue weighted by Gasteiger charge is -2.18. The van der Waals surface area contributed by atoms with Crippen LogP contribution in [0.4, 0.5) is 0 Å². The highest BCUT2D eigenvalue weighted by Gasteiger charge is 2.26. The van der Waals surface area contributed by atoms with Crippen LogP contribution in [0, 0.1) is 0 Å². The molecule has 1 aromatic rings. The fourth-order valence-electron chi connectivity index (χ4n) is 0.699. The van der Waals surface area contributed by atoms with Gasteiger partial charge in [0.2, 0.25) is 0 Å². The third-order valence-electron chi connectivity index (χ3n) is 1.55. The van der Waals surface area contributed by atoms with Crippen LogP contribution in [-0.2, 0) is 11.4 Å². The van der Waals surface area contributed by atoms with E-state index in [0.29, 0.717) is 0 Å². The van der Waals surface area contributed by atoms with Crippen LogP contribution < -0.4 is 0 Å². The first-order valence-electron chi connectivity index (χ1n) is 4.27. The summed E-state index contributed by atoms with van der Waals surface area (Å²) in [4.78, 5) is 4.10. The van der Waals surface area contributed by atoms with Gasteiger partial charge in [-0.25, -0.2) is 4.98 Å². The number of aromatic nitrogens is 1. The van der Waals surface area contributed by atoms with Crippen molar-refractivity contribution in [3.63, 3.8) is 0 Å². The molecule has 0 fully saturated rings. The zero-order valence-corrected chi connectivity index (χ0v) is 10.4. The molecule has 0 N–H and O–H groups in total. The van der Waals surface area contributed by atoms with Gasteiger partial charge in [-0.1, -0.05) is 4.40 Å². The van der Waals surface area contributed by atoms with Gasteiger partial charge in [-0.3, -0.25) is 0 Å². The van der Waals surface area contributed by atoms with Gasteiger partial charge in [0.05, 0.1) is 11.2 Å². The molecule has 1 heterocycles. The van der Waals surface area contributed by atoms with E-state index in [1.807, 2.05) is 33.1 Å². The van der Waals surface area contributed by atoms with Crippen molar-refractivity contribution in [2.75, 3.05) is 0 Å². The summed E-state index contributed by atoms with van der Waals surface area (Å²) < 4.78 is 15.5. The van der Waals surface area contributed by atoms with Crippen LogP contribution in [0.1, 0.15) is 33.4 Å². The maximum absolute atomic E-state index is 11.7. The molecule has 0 aliphatic carbocycles. The van der Waals surface area contributed by atoms with Crippen molar-refractivity contribution in [1.82, 2.24) is 4.98 Å². The van der Waals surface area contributed by atoms with Crippen LogP contribution in [0.15, 0.2) is 15.3 Å². The summed E-state index contributed by atoms with van der Waals surface area (Å²) >= 11 is 0.312. The number of hydrogen-bond donors (Lipinski definition) is 0. The van der Waals surface area contributed by atoms with Crippen LogP contribution in [0.3, 0.4) is 0 Å². The molecule has 5 heteroatoms. The van der Waals surface area contributed by atoms with E-state index in [1.165, 1.54) is 11.3 Å². The molecule has 78 valence electrons. The first-order valence-corrected chi connectivity index (χ1v) is 6.32. The Morgan fingerprint density at radius 1 is 1.57 bits per heavy atom. The second kappa shape index (κ2) is 4.42. The molecule has 0 amide bonds. The maximum atomic E-state index is 11.7. The van der Waals surface area contributed by atoms with Crippen molar-refractivity contribution in [2.45, 2.75) is 32.4 Å². The fraction of sp³-hybridized carbons (Fsp3) is 0.556. The topological polar surface area (TPSA) is 48.3 Å². The summed E-state index contributed by atoms with van der Waals surface area (Å²) in [5.74, 6) is 0. The Kier molecular flexibility index (Phi) is 3.69. The average molecular weight is 230 g/mol. The highest BCUT2D eigenvalue weighted by molar-refractivity contribution is 7.91. The Morgan fingerprint density at radius 2 is 2.21 bits per heavy atom. The van der Waals surface area contributed by atoms with Gasteiger partial charge in [0.25, 0.3) is 0 Å². The van der Waals surface area contributed by atoms with Gasteiger partial charge in [0, 0.05) is 5.38 Å². The van der Waals surface area contributed by atoms with Crippen molar-refractivity contribution in [3.8, 4) is 0 Å². The first-order chi connectivity index (χ1) is 6.41. The highest BCUT2D eigenvalue weighted by Crippen LogP contribution is 2.18. The zero-order valence-electron chi connectivity index (χ0n) is 8.77. The predicted molar refractivity (Wildman–Crippen MR) is 62.2 cm³/mol. The number of rotatable bonds is 2. The van der Waals surface area contributed by atoms with E-state index in [2.05, 4.69) is 9.38 Å². The Labute approximate surface area is 91.6 Å². The standard InChI is InChI=1S/C9H14N2OS2/c1-7(8-5-13-6-10-8)11-14(12)9(2,3)4/h5-6H,1-4H3. The molecule has 1 aromatic heterocycles. The molecule has 0 saturated heterocycles. The monoisotopic (exact) mass is 230 g/mol. The Bertz CT molecular complexity index is 314. The Balaban J connectivity index is 2.79. The Morgan fingerprint density at radius 3 is 2.64 bits per heavy atom. The molecule has 1 atom stereocenters. The molecule has 3 nitrogen and oxygen atoms in total. The normalized spacial score (nSPS) is 15.6. The van der Waals surface area contributed by atoms with E-state index < -0.39 is 11.4 Å². The summed E-state index contributed by atoms with van der Waals surface area (Å²) in [5.41, 5.74) is 3.29. The van der Waals surface area contributed by atoms with Gasteiger partial charge < -0.3 is 4.55 Å². The lowest BCUT2D eigenvalue weighted by atomic mass is 10.3. The quantitative estimate of drug-likeness (QED) is 0.578. The van der Waals surface area contributed by atoms with Crippen molar-refractivity contribution in [3.05, 3.63) is 16.6 Å². The van der Waals surface area contributed by atoms with Crippen molar-refractivity contribution in [1.29, 1.82) is 0 Å². The van der Waals surface area contributed by atoms with Gasteiger partial charge in [0.15, 0.2) is 0 Å². The average Bonchev–Trinajstić information content (AvgIpc) is 2.53. The first kappa shape index (κ1) is 11.7. The molecule has 0 aliphatic heterocycles. The smallest absolute Gasteiger partial charge is 0.144 e. The van der Waals surface area contributed by atoms with Gasteiger partial charge in [-0.15, -0.1) is 11.3 Å². The lowest BCUT2D eigenvalue weighted by Crippen LogP contribution is -2.26. The third kappa shape index (κ3) is 3.08. The third-order valence-corrected chi connectivity index (χ3v) is 3.62. The number of nitrogens with zero attached hydrogens (tertiary/aromatic N) is 2. The minimum Gasteiger partial charge on any atom is -0.591 e. The second-order valence-corrected chi connectivity index (χ2v) is 6.54. The van der Waals surface area contributed by atoms with Crippen LogP contribution in [0.5, 0.6) is 0 Å². The van der Waals surface area contributed by atoms with Crippen LogP contribution in [0.25, 0.3) is 0 Å². The molecule has 0 saturated carbocycles. The minimum absolute atomic E-state index is 0.308. The molecule has 0 aliphatic rings. The van der Waals surface area contributed by atoms with Gasteiger partial charge in [0.1, 0.15) is 21.8 Å². The summed E-state index contributed by atoms with van der Waals surface area (Å²) in [5, 5.41) is 1.90. The van der Waals surface area contributed by atoms with Gasteiger partial charge in [-0.2, -0.15) is 0 Å². The van der Waals surface area contributed by atoms with E-state index in [9.17, 15) is 4.55 Å². The zero-order chi connectivity index (χ0) is 10.8. The van der Waals surface area contributed by atoms with E-state index in [-0.39, 0.29) is 4.75 Å². The summed E-state index contributed by atoms with van der Waals surface area (Å²) in [6, 6.07) is 0. The minimum atomic E-state index is -1.20. The van der Waals surface area contributed by atoms with E-state index in [0.717, 1.165) is 11.4 Å². The lowest BCUT2D eigenvalue weighted by molar-refractivity contribution is 0.561. The van der Waals surface area contributed by atoms with Crippen molar-refractivity contribution < 1.29 is 4.55 Å². The second-order valence-electron chi connectivity index (χ2n) is 3.91. The molecule has 0 spiro atoms. The molecule has 14 heavy (non-hydrogen) atoms. The van der Waals surface area contributed by atoms with Crippen molar-refractivity contribution >= 4 is 28.4 Å². The molecule has 0 radical (unpaired) electrons. The fourth-order valence-corrected chi connectivity index (χ4v) is 1.91. The van der Waals surface area contributed by atoms with Crippen LogP contribution in [0.2, 0.25) is 0 Å². The largest absolute Gasteiger partial charge is 0.591 e. The number of thiazole rings is 1. The molecular formula is C9H14N2OS2. The molecule has 0 bridgehead atoms. The molecule has 1 unspecified atom stereocenters. The summed E-state index contributed by atoms with van der Waals surface area (Å²) in [6.45, 7) is 7.54. The van der Waals surface area contributed by atoms with Crippen molar-refractivity contribution in [2.24, 2.45) is 4.40 Å². The van der Waals surface area contributed by atoms with E-state index >= 15 is 0 Å². The molecular weight excluding hydrogens is 216 g/mol. The summed E-state index contributed by atoms with van der Waals surface area (Å²) in [7, 11) is 0. The van der Waals surface area contributed by atoms with Gasteiger partial charge in [-0.05, 0) is 27.7 Å². The van der Waals surface area contributed by atoms with E-state index in [4.69, 9.17) is 0 Å². The number of hydrogen-bond acceptors (Lipinski definition) is 4. The van der Waals surface area contributed by atoms with E-state index in [1.54, 1.807) is 5.51 Å². The maximum Gasteiger partial charge on any atom is 0.144 e.